The van der Waals surface area contributed by atoms with Crippen molar-refractivity contribution in [3.63, 3.8) is 0 Å². The number of rotatable bonds is 5. The molecule has 0 saturated heterocycles. The van der Waals surface area contributed by atoms with Crippen LogP contribution in [0.2, 0.25) is 0 Å². The standard InChI is InChI=1S/C17H22N4O2S/c1-11-18-19-17(24-10-16(22)23)21(11)15-9-8-14(20(2)3)12-6-4-5-7-13(12)15/h8-9H,4-7,10H2,1-3H3,(H,22,23). The molecule has 1 heterocycles. The van der Waals surface area contributed by atoms with E-state index in [1.54, 1.807) is 0 Å². The summed E-state index contributed by atoms with van der Waals surface area (Å²) in [6, 6.07) is 4.26. The Labute approximate surface area is 145 Å². The first-order valence-electron chi connectivity index (χ1n) is 8.08. The monoisotopic (exact) mass is 346 g/mol. The number of aliphatic carboxylic acids is 1. The molecule has 0 atom stereocenters. The van der Waals surface area contributed by atoms with Crippen LogP contribution in [0.25, 0.3) is 5.69 Å². The minimum absolute atomic E-state index is 0.0178. The Hall–Kier alpha value is -2.02. The van der Waals surface area contributed by atoms with Crippen LogP contribution >= 0.6 is 11.8 Å². The summed E-state index contributed by atoms with van der Waals surface area (Å²) >= 11 is 1.21. The second kappa shape index (κ2) is 6.84. The number of thioether (sulfide) groups is 1. The minimum atomic E-state index is -0.850. The van der Waals surface area contributed by atoms with E-state index >= 15 is 0 Å². The molecule has 24 heavy (non-hydrogen) atoms. The summed E-state index contributed by atoms with van der Waals surface area (Å²) in [7, 11) is 4.14. The molecule has 1 aromatic heterocycles. The molecule has 3 rings (SSSR count). The smallest absolute Gasteiger partial charge is 0.313 e. The van der Waals surface area contributed by atoms with E-state index in [2.05, 4.69) is 41.3 Å². The zero-order chi connectivity index (χ0) is 17.3. The van der Waals surface area contributed by atoms with Gasteiger partial charge in [0, 0.05) is 19.8 Å². The second-order valence-corrected chi connectivity index (χ2v) is 7.15. The van der Waals surface area contributed by atoms with Crippen molar-refractivity contribution < 1.29 is 9.90 Å². The second-order valence-electron chi connectivity index (χ2n) is 6.21. The predicted molar refractivity (Wildman–Crippen MR) is 95.4 cm³/mol. The normalized spacial score (nSPS) is 13.6. The number of hydrogen-bond acceptors (Lipinski definition) is 5. The van der Waals surface area contributed by atoms with Gasteiger partial charge in [0.25, 0.3) is 0 Å². The van der Waals surface area contributed by atoms with Gasteiger partial charge in [0.1, 0.15) is 5.82 Å². The van der Waals surface area contributed by atoms with Crippen LogP contribution in [-0.2, 0) is 17.6 Å². The number of carboxylic acid groups (broad SMARTS) is 1. The number of nitrogens with zero attached hydrogens (tertiary/aromatic N) is 4. The van der Waals surface area contributed by atoms with Crippen molar-refractivity contribution in [3.05, 3.63) is 29.1 Å². The van der Waals surface area contributed by atoms with Crippen molar-refractivity contribution in [1.29, 1.82) is 0 Å². The van der Waals surface area contributed by atoms with Crippen LogP contribution in [0, 0.1) is 6.92 Å². The van der Waals surface area contributed by atoms with E-state index in [1.807, 2.05) is 11.5 Å². The maximum absolute atomic E-state index is 10.9. The maximum Gasteiger partial charge on any atom is 0.313 e. The molecule has 0 aliphatic heterocycles. The van der Waals surface area contributed by atoms with Crippen molar-refractivity contribution in [2.24, 2.45) is 0 Å². The van der Waals surface area contributed by atoms with Gasteiger partial charge in [-0.1, -0.05) is 11.8 Å². The number of benzene rings is 1. The Morgan fingerprint density at radius 2 is 1.96 bits per heavy atom. The summed E-state index contributed by atoms with van der Waals surface area (Å²) in [5, 5.41) is 17.9. The number of carboxylic acids is 1. The summed E-state index contributed by atoms with van der Waals surface area (Å²) in [4.78, 5) is 13.1. The molecule has 0 amide bonds. The van der Waals surface area contributed by atoms with Crippen LogP contribution in [-0.4, -0.2) is 45.7 Å². The first kappa shape index (κ1) is 16.8. The summed E-state index contributed by atoms with van der Waals surface area (Å²) in [5.41, 5.74) is 5.09. The quantitative estimate of drug-likeness (QED) is 0.840. The molecule has 2 aromatic rings. The zero-order valence-corrected chi connectivity index (χ0v) is 15.1. The molecule has 1 N–H and O–H groups in total. The van der Waals surface area contributed by atoms with Crippen molar-refractivity contribution in [2.45, 2.75) is 37.8 Å². The van der Waals surface area contributed by atoms with Gasteiger partial charge in [-0.05, 0) is 55.9 Å². The highest BCUT2D eigenvalue weighted by atomic mass is 32.2. The van der Waals surface area contributed by atoms with Gasteiger partial charge in [0.05, 0.1) is 11.4 Å². The lowest BCUT2D eigenvalue weighted by Crippen LogP contribution is -2.17. The molecule has 0 unspecified atom stereocenters. The third kappa shape index (κ3) is 3.13. The Morgan fingerprint density at radius 3 is 2.62 bits per heavy atom. The highest BCUT2D eigenvalue weighted by Gasteiger charge is 2.22. The fourth-order valence-electron chi connectivity index (χ4n) is 3.30. The van der Waals surface area contributed by atoms with Crippen LogP contribution in [0.3, 0.4) is 0 Å². The number of aromatic nitrogens is 3. The summed E-state index contributed by atoms with van der Waals surface area (Å²) in [5.74, 6) is -0.0821. The van der Waals surface area contributed by atoms with Gasteiger partial charge in [-0.25, -0.2) is 0 Å². The van der Waals surface area contributed by atoms with Crippen LogP contribution in [0.1, 0.15) is 29.8 Å². The average Bonchev–Trinajstić information content (AvgIpc) is 2.92. The average molecular weight is 346 g/mol. The summed E-state index contributed by atoms with van der Waals surface area (Å²) < 4.78 is 2.00. The van der Waals surface area contributed by atoms with Gasteiger partial charge in [0.2, 0.25) is 0 Å². The minimum Gasteiger partial charge on any atom is -0.481 e. The zero-order valence-electron chi connectivity index (χ0n) is 14.2. The van der Waals surface area contributed by atoms with Gasteiger partial charge < -0.3 is 10.0 Å². The first-order chi connectivity index (χ1) is 11.5. The molecular weight excluding hydrogens is 324 g/mol. The lowest BCUT2D eigenvalue weighted by molar-refractivity contribution is -0.133. The van der Waals surface area contributed by atoms with Crippen LogP contribution < -0.4 is 4.90 Å². The maximum atomic E-state index is 10.9. The Morgan fingerprint density at radius 1 is 1.25 bits per heavy atom. The molecule has 1 aliphatic rings. The number of anilines is 1. The largest absolute Gasteiger partial charge is 0.481 e. The van der Waals surface area contributed by atoms with Crippen LogP contribution in [0.15, 0.2) is 17.3 Å². The van der Waals surface area contributed by atoms with Gasteiger partial charge in [-0.2, -0.15) is 0 Å². The molecule has 1 aliphatic carbocycles. The molecular formula is C17H22N4O2S. The summed E-state index contributed by atoms with van der Waals surface area (Å²) in [6.07, 6.45) is 4.50. The predicted octanol–water partition coefficient (Wildman–Crippen LogP) is 2.70. The van der Waals surface area contributed by atoms with E-state index in [-0.39, 0.29) is 5.75 Å². The van der Waals surface area contributed by atoms with E-state index in [9.17, 15) is 4.79 Å². The number of carbonyl (C=O) groups is 1. The first-order valence-corrected chi connectivity index (χ1v) is 9.06. The number of fused-ring (bicyclic) bond motifs is 1. The van der Waals surface area contributed by atoms with Crippen molar-refractivity contribution in [3.8, 4) is 5.69 Å². The molecule has 0 fully saturated rings. The Kier molecular flexibility index (Phi) is 4.80. The Balaban J connectivity index is 2.10. The van der Waals surface area contributed by atoms with E-state index in [0.717, 1.165) is 24.4 Å². The molecule has 0 bridgehead atoms. The van der Waals surface area contributed by atoms with E-state index in [4.69, 9.17) is 5.11 Å². The Bertz CT molecular complexity index is 770. The third-order valence-electron chi connectivity index (χ3n) is 4.33. The molecule has 6 nitrogen and oxygen atoms in total. The van der Waals surface area contributed by atoms with E-state index in [1.165, 1.54) is 41.4 Å². The number of hydrogen-bond donors (Lipinski definition) is 1. The van der Waals surface area contributed by atoms with Crippen molar-refractivity contribution >= 4 is 23.4 Å². The van der Waals surface area contributed by atoms with E-state index < -0.39 is 5.97 Å². The van der Waals surface area contributed by atoms with E-state index in [0.29, 0.717) is 5.16 Å². The molecule has 0 saturated carbocycles. The van der Waals surface area contributed by atoms with Gasteiger partial charge in [-0.3, -0.25) is 9.36 Å². The fraction of sp³-hybridized carbons (Fsp3) is 0.471. The lowest BCUT2D eigenvalue weighted by atomic mass is 9.88. The van der Waals surface area contributed by atoms with Gasteiger partial charge >= 0.3 is 5.97 Å². The van der Waals surface area contributed by atoms with Crippen molar-refractivity contribution in [1.82, 2.24) is 14.8 Å². The lowest BCUT2D eigenvalue weighted by Gasteiger charge is -2.26. The SMILES string of the molecule is Cc1nnc(SCC(=O)O)n1-c1ccc(N(C)C)c2c1CCCC2. The third-order valence-corrected chi connectivity index (χ3v) is 5.24. The highest BCUT2D eigenvalue weighted by Crippen LogP contribution is 2.35. The molecule has 128 valence electrons. The van der Waals surface area contributed by atoms with Crippen molar-refractivity contribution in [2.75, 3.05) is 24.7 Å². The topological polar surface area (TPSA) is 71.2 Å². The summed E-state index contributed by atoms with van der Waals surface area (Å²) in [6.45, 7) is 1.91. The van der Waals surface area contributed by atoms with Gasteiger partial charge in [-0.15, -0.1) is 10.2 Å². The molecule has 0 radical (unpaired) electrons. The molecule has 7 heteroatoms. The fourth-order valence-corrected chi connectivity index (χ4v) is 4.01. The van der Waals surface area contributed by atoms with Gasteiger partial charge in [0.15, 0.2) is 5.16 Å². The highest BCUT2D eigenvalue weighted by molar-refractivity contribution is 7.99. The van der Waals surface area contributed by atoms with Crippen LogP contribution in [0.4, 0.5) is 5.69 Å². The molecule has 1 aromatic carbocycles. The molecule has 0 spiro atoms. The van der Waals surface area contributed by atoms with Crippen LogP contribution in [0.5, 0.6) is 0 Å². The number of aryl methyl sites for hydroxylation is 1.